The van der Waals surface area contributed by atoms with E-state index in [1.807, 2.05) is 18.5 Å². The van der Waals surface area contributed by atoms with Gasteiger partial charge in [-0.15, -0.1) is 0 Å². The molecule has 3 heterocycles. The van der Waals surface area contributed by atoms with E-state index in [0.717, 1.165) is 31.3 Å². The molecule has 110 valence electrons. The summed E-state index contributed by atoms with van der Waals surface area (Å²) in [5.41, 5.74) is 1.28. The third-order valence-corrected chi connectivity index (χ3v) is 4.48. The maximum Gasteiger partial charge on any atom is 0.155 e. The Kier molecular flexibility index (Phi) is 3.43. The molecule has 0 spiro atoms. The van der Waals surface area contributed by atoms with Crippen LogP contribution in [0.15, 0.2) is 24.5 Å². The van der Waals surface area contributed by atoms with Gasteiger partial charge in [0.25, 0.3) is 0 Å². The Morgan fingerprint density at radius 3 is 3.00 bits per heavy atom. The van der Waals surface area contributed by atoms with Gasteiger partial charge in [-0.05, 0) is 43.9 Å². The molecule has 2 aliphatic rings. The van der Waals surface area contributed by atoms with E-state index in [4.69, 9.17) is 4.98 Å². The van der Waals surface area contributed by atoms with E-state index in [-0.39, 0.29) is 0 Å². The van der Waals surface area contributed by atoms with E-state index in [9.17, 15) is 0 Å². The molecule has 0 bridgehead atoms. The summed E-state index contributed by atoms with van der Waals surface area (Å²) in [4.78, 5) is 11.4. The van der Waals surface area contributed by atoms with Gasteiger partial charge in [-0.2, -0.15) is 5.10 Å². The Hall–Kier alpha value is -1.75. The van der Waals surface area contributed by atoms with Crippen LogP contribution in [0, 0.1) is 0 Å². The maximum atomic E-state index is 4.73. The van der Waals surface area contributed by atoms with Gasteiger partial charge in [-0.3, -0.25) is 15.0 Å². The fourth-order valence-electron chi connectivity index (χ4n) is 3.17. The Morgan fingerprint density at radius 2 is 2.19 bits per heavy atom. The predicted octanol–water partition coefficient (Wildman–Crippen LogP) is 2.46. The molecule has 21 heavy (non-hydrogen) atoms. The van der Waals surface area contributed by atoms with Gasteiger partial charge in [0.05, 0.1) is 0 Å². The summed E-state index contributed by atoms with van der Waals surface area (Å²) in [5, 5.41) is 7.61. The molecule has 1 aliphatic heterocycles. The lowest BCUT2D eigenvalue weighted by molar-refractivity contribution is 0.196. The molecule has 1 unspecified atom stereocenters. The molecular weight excluding hydrogens is 262 g/mol. The molecule has 2 aromatic heterocycles. The van der Waals surface area contributed by atoms with Crippen molar-refractivity contribution in [2.45, 2.75) is 44.1 Å². The minimum Gasteiger partial charge on any atom is -0.298 e. The number of hydrogen-bond acceptors (Lipinski definition) is 4. The van der Waals surface area contributed by atoms with Crippen LogP contribution in [0.3, 0.4) is 0 Å². The highest BCUT2D eigenvalue weighted by Crippen LogP contribution is 2.38. The first-order chi connectivity index (χ1) is 10.4. The maximum absolute atomic E-state index is 4.73. The number of piperidine rings is 1. The molecule has 5 nitrogen and oxygen atoms in total. The third kappa shape index (κ3) is 2.97. The molecule has 1 saturated carbocycles. The van der Waals surface area contributed by atoms with Crippen molar-refractivity contribution in [2.24, 2.45) is 0 Å². The number of hydrogen-bond donors (Lipinski definition) is 1. The van der Waals surface area contributed by atoms with Crippen LogP contribution in [0.1, 0.15) is 54.7 Å². The monoisotopic (exact) mass is 283 g/mol. The molecule has 1 N–H and O–H groups in total. The number of aromatic amines is 1. The number of H-pyrrole nitrogens is 1. The van der Waals surface area contributed by atoms with E-state index in [1.165, 1.54) is 31.2 Å². The van der Waals surface area contributed by atoms with Crippen LogP contribution >= 0.6 is 0 Å². The SMILES string of the molecule is c1cncc(CN2CCCC(c3n[nH]c(C4CC4)n3)C2)c1. The zero-order chi connectivity index (χ0) is 14.1. The largest absolute Gasteiger partial charge is 0.298 e. The van der Waals surface area contributed by atoms with Crippen molar-refractivity contribution >= 4 is 0 Å². The number of rotatable bonds is 4. The molecule has 1 atom stereocenters. The summed E-state index contributed by atoms with van der Waals surface area (Å²) >= 11 is 0. The highest BCUT2D eigenvalue weighted by Gasteiger charge is 2.30. The molecule has 1 aliphatic carbocycles. The average Bonchev–Trinajstić information content (AvgIpc) is 3.26. The summed E-state index contributed by atoms with van der Waals surface area (Å²) in [6.45, 7) is 3.19. The Labute approximate surface area is 124 Å². The molecule has 4 rings (SSSR count). The summed E-state index contributed by atoms with van der Waals surface area (Å²) < 4.78 is 0. The Bertz CT molecular complexity index is 590. The number of nitrogens with one attached hydrogen (secondary N) is 1. The van der Waals surface area contributed by atoms with E-state index in [1.54, 1.807) is 0 Å². The molecule has 2 aromatic rings. The third-order valence-electron chi connectivity index (χ3n) is 4.48. The van der Waals surface area contributed by atoms with Crippen LogP contribution in [0.4, 0.5) is 0 Å². The predicted molar refractivity (Wildman–Crippen MR) is 79.8 cm³/mol. The Balaban J connectivity index is 1.42. The number of nitrogens with zero attached hydrogens (tertiary/aromatic N) is 4. The summed E-state index contributed by atoms with van der Waals surface area (Å²) in [6.07, 6.45) is 8.75. The minimum atomic E-state index is 0.471. The van der Waals surface area contributed by atoms with E-state index in [2.05, 4.69) is 26.1 Å². The van der Waals surface area contributed by atoms with Crippen molar-refractivity contribution in [3.8, 4) is 0 Å². The first-order valence-corrected chi connectivity index (χ1v) is 7.92. The lowest BCUT2D eigenvalue weighted by Crippen LogP contribution is -2.34. The minimum absolute atomic E-state index is 0.471. The van der Waals surface area contributed by atoms with E-state index in [0.29, 0.717) is 11.8 Å². The van der Waals surface area contributed by atoms with Gasteiger partial charge in [0.2, 0.25) is 0 Å². The van der Waals surface area contributed by atoms with Crippen LogP contribution in [0.2, 0.25) is 0 Å². The number of likely N-dealkylation sites (tertiary alicyclic amines) is 1. The van der Waals surface area contributed by atoms with Crippen molar-refractivity contribution in [2.75, 3.05) is 13.1 Å². The Morgan fingerprint density at radius 1 is 1.24 bits per heavy atom. The smallest absolute Gasteiger partial charge is 0.155 e. The average molecular weight is 283 g/mol. The fourth-order valence-corrected chi connectivity index (χ4v) is 3.17. The highest BCUT2D eigenvalue weighted by molar-refractivity contribution is 5.10. The lowest BCUT2D eigenvalue weighted by Gasteiger charge is -2.31. The molecule has 1 saturated heterocycles. The van der Waals surface area contributed by atoms with Crippen molar-refractivity contribution in [3.05, 3.63) is 41.7 Å². The molecule has 0 amide bonds. The topological polar surface area (TPSA) is 57.7 Å². The van der Waals surface area contributed by atoms with Crippen LogP contribution in [-0.2, 0) is 6.54 Å². The summed E-state index contributed by atoms with van der Waals surface area (Å²) in [7, 11) is 0. The van der Waals surface area contributed by atoms with Gasteiger partial charge >= 0.3 is 0 Å². The van der Waals surface area contributed by atoms with Crippen LogP contribution in [0.25, 0.3) is 0 Å². The second-order valence-corrected chi connectivity index (χ2v) is 6.29. The van der Waals surface area contributed by atoms with Crippen LogP contribution in [-0.4, -0.2) is 38.2 Å². The quantitative estimate of drug-likeness (QED) is 0.936. The highest BCUT2D eigenvalue weighted by atomic mass is 15.2. The standard InChI is InChI=1S/C16H21N5/c1-3-12(9-17-7-1)10-21-8-2-4-14(11-21)16-18-15(19-20-16)13-5-6-13/h1,3,7,9,13-14H,2,4-6,8,10-11H2,(H,18,19,20). The summed E-state index contributed by atoms with van der Waals surface area (Å²) in [5.74, 6) is 3.25. The van der Waals surface area contributed by atoms with Gasteiger partial charge in [0.15, 0.2) is 5.82 Å². The second-order valence-electron chi connectivity index (χ2n) is 6.29. The van der Waals surface area contributed by atoms with Crippen LogP contribution in [0.5, 0.6) is 0 Å². The molecule has 2 fully saturated rings. The van der Waals surface area contributed by atoms with Gasteiger partial charge in [-0.25, -0.2) is 4.98 Å². The summed E-state index contributed by atoms with van der Waals surface area (Å²) in [6, 6.07) is 4.16. The van der Waals surface area contributed by atoms with Crippen molar-refractivity contribution in [1.29, 1.82) is 0 Å². The van der Waals surface area contributed by atoms with Gasteiger partial charge in [0.1, 0.15) is 5.82 Å². The van der Waals surface area contributed by atoms with Gasteiger partial charge in [0, 0.05) is 37.3 Å². The normalized spacial score (nSPS) is 23.3. The van der Waals surface area contributed by atoms with Crippen LogP contribution < -0.4 is 0 Å². The fraction of sp³-hybridized carbons (Fsp3) is 0.562. The lowest BCUT2D eigenvalue weighted by atomic mass is 9.97. The molecule has 0 radical (unpaired) electrons. The van der Waals surface area contributed by atoms with Crippen molar-refractivity contribution < 1.29 is 0 Å². The van der Waals surface area contributed by atoms with Gasteiger partial charge < -0.3 is 0 Å². The zero-order valence-corrected chi connectivity index (χ0v) is 12.2. The first kappa shape index (κ1) is 13.0. The molecule has 0 aromatic carbocycles. The van der Waals surface area contributed by atoms with Crippen molar-refractivity contribution in [3.63, 3.8) is 0 Å². The number of pyridine rings is 1. The zero-order valence-electron chi connectivity index (χ0n) is 12.2. The van der Waals surface area contributed by atoms with Crippen molar-refractivity contribution in [1.82, 2.24) is 25.1 Å². The molecular formula is C16H21N5. The van der Waals surface area contributed by atoms with Gasteiger partial charge in [-0.1, -0.05) is 6.07 Å². The second kappa shape index (κ2) is 5.56. The van der Waals surface area contributed by atoms with E-state index >= 15 is 0 Å². The van der Waals surface area contributed by atoms with E-state index < -0.39 is 0 Å². The first-order valence-electron chi connectivity index (χ1n) is 7.92. The number of aromatic nitrogens is 4. The molecule has 5 heteroatoms.